The van der Waals surface area contributed by atoms with Gasteiger partial charge in [-0.25, -0.2) is 0 Å². The standard InChI is InChI=1S/C19H27N3O/c1-4-22-8-5-15(6-9-22)18-12-16(18)7-10-23-17-11-14(2)21-19(13-17)20-3/h11,13,15-16,18H,4-10,12H2,1-2H3/t16-,18-/m1/s1. The lowest BCUT2D eigenvalue weighted by Crippen LogP contribution is -2.34. The summed E-state index contributed by atoms with van der Waals surface area (Å²) in [6, 6.07) is 3.66. The second-order valence-electron chi connectivity index (χ2n) is 6.98. The predicted octanol–water partition coefficient (Wildman–Crippen LogP) is 4.08. The van der Waals surface area contributed by atoms with Crippen LogP contribution in [0.1, 0.15) is 38.3 Å². The van der Waals surface area contributed by atoms with Crippen molar-refractivity contribution in [2.75, 3.05) is 26.2 Å². The zero-order valence-electron chi connectivity index (χ0n) is 14.3. The summed E-state index contributed by atoms with van der Waals surface area (Å²) < 4.78 is 5.86. The molecule has 1 saturated carbocycles. The van der Waals surface area contributed by atoms with E-state index in [2.05, 4.69) is 21.7 Å². The number of ether oxygens (including phenoxy) is 1. The van der Waals surface area contributed by atoms with E-state index in [1.165, 1.54) is 38.9 Å². The molecule has 0 spiro atoms. The van der Waals surface area contributed by atoms with Crippen LogP contribution in [0.2, 0.25) is 0 Å². The predicted molar refractivity (Wildman–Crippen MR) is 91.8 cm³/mol. The van der Waals surface area contributed by atoms with Gasteiger partial charge in [-0.2, -0.15) is 0 Å². The van der Waals surface area contributed by atoms with Gasteiger partial charge in [0, 0.05) is 19.1 Å². The molecule has 1 saturated heterocycles. The Kier molecular flexibility index (Phi) is 5.17. The highest BCUT2D eigenvalue weighted by atomic mass is 16.5. The minimum absolute atomic E-state index is 0.423. The molecule has 0 amide bonds. The molecular formula is C19H27N3O. The van der Waals surface area contributed by atoms with Crippen molar-refractivity contribution in [3.63, 3.8) is 0 Å². The van der Waals surface area contributed by atoms with Crippen molar-refractivity contribution in [3.05, 3.63) is 29.2 Å². The van der Waals surface area contributed by atoms with Gasteiger partial charge in [-0.3, -0.25) is 0 Å². The SMILES string of the molecule is [C-]#[N+]c1cc(OCC[C@@H]2C[C@@H]2C2CCN(CC)CC2)cc(C)n1. The highest BCUT2D eigenvalue weighted by molar-refractivity contribution is 5.43. The van der Waals surface area contributed by atoms with Gasteiger partial charge in [-0.15, -0.1) is 4.98 Å². The van der Waals surface area contributed by atoms with E-state index in [9.17, 15) is 0 Å². The Hall–Kier alpha value is -1.60. The molecule has 2 fully saturated rings. The Morgan fingerprint density at radius 2 is 2.13 bits per heavy atom. The first-order valence-corrected chi connectivity index (χ1v) is 8.91. The number of likely N-dealkylation sites (tertiary alicyclic amines) is 1. The number of nitrogens with zero attached hydrogens (tertiary/aromatic N) is 3. The van der Waals surface area contributed by atoms with Crippen molar-refractivity contribution in [1.29, 1.82) is 0 Å². The minimum atomic E-state index is 0.423. The maximum absolute atomic E-state index is 7.06. The topological polar surface area (TPSA) is 29.7 Å². The van der Waals surface area contributed by atoms with E-state index < -0.39 is 0 Å². The highest BCUT2D eigenvalue weighted by Gasteiger charge is 2.42. The molecule has 1 aliphatic carbocycles. The Labute approximate surface area is 139 Å². The smallest absolute Gasteiger partial charge is 0.273 e. The lowest BCUT2D eigenvalue weighted by Gasteiger charge is -2.31. The first kappa shape index (κ1) is 16.3. The maximum Gasteiger partial charge on any atom is 0.273 e. The largest absolute Gasteiger partial charge is 0.495 e. The molecule has 2 atom stereocenters. The van der Waals surface area contributed by atoms with Crippen LogP contribution in [0, 0.1) is 31.2 Å². The van der Waals surface area contributed by atoms with Crippen LogP contribution in [-0.4, -0.2) is 36.1 Å². The molecule has 0 aromatic carbocycles. The monoisotopic (exact) mass is 313 g/mol. The van der Waals surface area contributed by atoms with E-state index in [1.54, 1.807) is 6.07 Å². The molecule has 0 radical (unpaired) electrons. The van der Waals surface area contributed by atoms with Gasteiger partial charge in [0.2, 0.25) is 0 Å². The van der Waals surface area contributed by atoms with Crippen LogP contribution in [-0.2, 0) is 0 Å². The molecule has 2 aliphatic rings. The number of hydrogen-bond donors (Lipinski definition) is 0. The third-order valence-electron chi connectivity index (χ3n) is 5.45. The summed E-state index contributed by atoms with van der Waals surface area (Å²) in [7, 11) is 0. The zero-order chi connectivity index (χ0) is 16.2. The average molecular weight is 313 g/mol. The quantitative estimate of drug-likeness (QED) is 0.741. The molecular weight excluding hydrogens is 286 g/mol. The van der Waals surface area contributed by atoms with Gasteiger partial charge in [0.15, 0.2) is 0 Å². The first-order valence-electron chi connectivity index (χ1n) is 8.91. The van der Waals surface area contributed by atoms with Gasteiger partial charge >= 0.3 is 0 Å². The molecule has 0 unspecified atom stereocenters. The fourth-order valence-electron chi connectivity index (χ4n) is 3.97. The third-order valence-corrected chi connectivity index (χ3v) is 5.45. The average Bonchev–Trinajstić information content (AvgIpc) is 3.34. The number of piperidine rings is 1. The minimum Gasteiger partial charge on any atom is -0.495 e. The molecule has 2 heterocycles. The van der Waals surface area contributed by atoms with Crippen LogP contribution in [0.4, 0.5) is 5.82 Å². The maximum atomic E-state index is 7.06. The number of aromatic nitrogens is 1. The highest BCUT2D eigenvalue weighted by Crippen LogP contribution is 2.49. The fourth-order valence-corrected chi connectivity index (χ4v) is 3.97. The zero-order valence-corrected chi connectivity index (χ0v) is 14.3. The summed E-state index contributed by atoms with van der Waals surface area (Å²) in [6.45, 7) is 15.8. The van der Waals surface area contributed by atoms with Gasteiger partial charge in [0.1, 0.15) is 11.4 Å². The first-order chi connectivity index (χ1) is 11.2. The summed E-state index contributed by atoms with van der Waals surface area (Å²) in [4.78, 5) is 10.1. The summed E-state index contributed by atoms with van der Waals surface area (Å²) in [5.41, 5.74) is 0.848. The van der Waals surface area contributed by atoms with Gasteiger partial charge in [0.05, 0.1) is 6.61 Å². The van der Waals surface area contributed by atoms with Crippen LogP contribution < -0.4 is 4.74 Å². The molecule has 23 heavy (non-hydrogen) atoms. The van der Waals surface area contributed by atoms with Crippen LogP contribution >= 0.6 is 0 Å². The molecule has 0 bridgehead atoms. The fraction of sp³-hybridized carbons (Fsp3) is 0.684. The van der Waals surface area contributed by atoms with E-state index in [1.807, 2.05) is 13.0 Å². The van der Waals surface area contributed by atoms with Crippen molar-refractivity contribution in [1.82, 2.24) is 9.88 Å². The normalized spacial score (nSPS) is 25.1. The summed E-state index contributed by atoms with van der Waals surface area (Å²) in [6.07, 6.45) is 5.30. The molecule has 124 valence electrons. The molecule has 1 aliphatic heterocycles. The number of rotatable bonds is 6. The van der Waals surface area contributed by atoms with Gasteiger partial charge in [0.25, 0.3) is 5.82 Å². The molecule has 1 aromatic rings. The van der Waals surface area contributed by atoms with E-state index in [4.69, 9.17) is 11.3 Å². The van der Waals surface area contributed by atoms with Crippen molar-refractivity contribution in [2.24, 2.45) is 17.8 Å². The van der Waals surface area contributed by atoms with E-state index in [0.717, 1.165) is 42.2 Å². The lowest BCUT2D eigenvalue weighted by molar-refractivity contribution is 0.174. The van der Waals surface area contributed by atoms with Gasteiger partial charge in [-0.1, -0.05) is 13.5 Å². The summed E-state index contributed by atoms with van der Waals surface area (Å²) in [5.74, 6) is 3.95. The molecule has 1 aromatic heterocycles. The van der Waals surface area contributed by atoms with Crippen LogP contribution in [0.15, 0.2) is 12.1 Å². The van der Waals surface area contributed by atoms with Crippen molar-refractivity contribution in [3.8, 4) is 5.75 Å². The van der Waals surface area contributed by atoms with E-state index in [-0.39, 0.29) is 0 Å². The van der Waals surface area contributed by atoms with Crippen LogP contribution in [0.5, 0.6) is 5.75 Å². The van der Waals surface area contributed by atoms with E-state index >= 15 is 0 Å². The number of pyridine rings is 1. The Morgan fingerprint density at radius 3 is 2.83 bits per heavy atom. The van der Waals surface area contributed by atoms with Crippen molar-refractivity contribution < 1.29 is 4.74 Å². The molecule has 4 nitrogen and oxygen atoms in total. The molecule has 4 heteroatoms. The van der Waals surface area contributed by atoms with Gasteiger partial charge in [-0.05, 0) is 63.1 Å². The Bertz CT molecular complexity index is 572. The molecule has 3 rings (SSSR count). The number of aryl methyl sites for hydroxylation is 1. The Balaban J connectivity index is 1.40. The Morgan fingerprint density at radius 1 is 1.35 bits per heavy atom. The number of hydrogen-bond acceptors (Lipinski definition) is 3. The van der Waals surface area contributed by atoms with Crippen molar-refractivity contribution in [2.45, 2.75) is 39.5 Å². The van der Waals surface area contributed by atoms with E-state index in [0.29, 0.717) is 5.82 Å². The van der Waals surface area contributed by atoms with Gasteiger partial charge < -0.3 is 14.5 Å². The summed E-state index contributed by atoms with van der Waals surface area (Å²) >= 11 is 0. The van der Waals surface area contributed by atoms with Crippen LogP contribution in [0.25, 0.3) is 4.85 Å². The summed E-state index contributed by atoms with van der Waals surface area (Å²) in [5, 5.41) is 0. The molecule has 0 N–H and O–H groups in total. The van der Waals surface area contributed by atoms with Crippen LogP contribution in [0.3, 0.4) is 0 Å². The third kappa shape index (κ3) is 4.23. The second kappa shape index (κ2) is 7.31. The lowest BCUT2D eigenvalue weighted by atomic mass is 9.90. The second-order valence-corrected chi connectivity index (χ2v) is 6.98. The van der Waals surface area contributed by atoms with Crippen molar-refractivity contribution >= 4 is 5.82 Å².